The molecule has 0 saturated heterocycles. The molecule has 0 unspecified atom stereocenters. The lowest BCUT2D eigenvalue weighted by Crippen LogP contribution is -2.00. The SMILES string of the molecule is COC(C)=O.O=C(O)CCC(=O)O. The molecular weight excluding hydrogens is 180 g/mol. The minimum Gasteiger partial charge on any atom is -0.481 e. The molecule has 0 rings (SSSR count). The summed E-state index contributed by atoms with van der Waals surface area (Å²) in [6.07, 6.45) is -0.593. The van der Waals surface area contributed by atoms with Crippen LogP contribution in [-0.2, 0) is 19.1 Å². The van der Waals surface area contributed by atoms with Gasteiger partial charge in [-0.15, -0.1) is 0 Å². The van der Waals surface area contributed by atoms with Crippen molar-refractivity contribution in [3.63, 3.8) is 0 Å². The van der Waals surface area contributed by atoms with Crippen LogP contribution in [-0.4, -0.2) is 35.2 Å². The number of carboxylic acids is 2. The van der Waals surface area contributed by atoms with E-state index < -0.39 is 11.9 Å². The molecule has 0 radical (unpaired) electrons. The van der Waals surface area contributed by atoms with E-state index in [1.807, 2.05) is 0 Å². The standard InChI is InChI=1S/C4H6O4.C3H6O2/c5-3(6)1-2-4(7)8;1-3(4)5-2/h1-2H2,(H,5,6)(H,7,8);1-2H3. The molecule has 0 aromatic rings. The predicted octanol–water partition coefficient (Wildman–Crippen LogP) is 0.115. The molecule has 6 heteroatoms. The Morgan fingerprint density at radius 2 is 1.31 bits per heavy atom. The topological polar surface area (TPSA) is 101 Å². The van der Waals surface area contributed by atoms with Gasteiger partial charge < -0.3 is 14.9 Å². The van der Waals surface area contributed by atoms with Crippen molar-refractivity contribution in [2.75, 3.05) is 7.11 Å². The van der Waals surface area contributed by atoms with Crippen molar-refractivity contribution >= 4 is 17.9 Å². The number of carbonyl (C=O) groups excluding carboxylic acids is 1. The molecule has 0 aromatic heterocycles. The maximum Gasteiger partial charge on any atom is 0.303 e. The summed E-state index contributed by atoms with van der Waals surface area (Å²) in [5, 5.41) is 15.8. The van der Waals surface area contributed by atoms with Crippen LogP contribution in [0.15, 0.2) is 0 Å². The van der Waals surface area contributed by atoms with Crippen molar-refractivity contribution in [3.05, 3.63) is 0 Å². The Morgan fingerprint density at radius 1 is 1.08 bits per heavy atom. The van der Waals surface area contributed by atoms with Crippen LogP contribution in [0.4, 0.5) is 0 Å². The number of hydrogen-bond acceptors (Lipinski definition) is 4. The Kier molecular flexibility index (Phi) is 9.14. The minimum atomic E-state index is -1.08. The summed E-state index contributed by atoms with van der Waals surface area (Å²) in [5.41, 5.74) is 0. The summed E-state index contributed by atoms with van der Waals surface area (Å²) in [4.78, 5) is 28.9. The van der Waals surface area contributed by atoms with Crippen LogP contribution < -0.4 is 0 Å². The second kappa shape index (κ2) is 8.51. The largest absolute Gasteiger partial charge is 0.481 e. The molecule has 0 amide bonds. The number of carboxylic acid groups (broad SMARTS) is 2. The highest BCUT2D eigenvalue weighted by Gasteiger charge is 2.00. The van der Waals surface area contributed by atoms with Gasteiger partial charge >= 0.3 is 17.9 Å². The van der Waals surface area contributed by atoms with Crippen LogP contribution >= 0.6 is 0 Å². The van der Waals surface area contributed by atoms with Crippen molar-refractivity contribution in [2.45, 2.75) is 19.8 Å². The zero-order valence-electron chi connectivity index (χ0n) is 7.44. The average Bonchev–Trinajstić information content (AvgIpc) is 2.02. The number of aliphatic carboxylic acids is 2. The third-order valence-electron chi connectivity index (χ3n) is 0.840. The maximum atomic E-state index is 9.64. The summed E-state index contributed by atoms with van der Waals surface area (Å²) in [5.74, 6) is -2.40. The summed E-state index contributed by atoms with van der Waals surface area (Å²) < 4.78 is 4.11. The summed E-state index contributed by atoms with van der Waals surface area (Å²) in [6, 6.07) is 0. The fourth-order valence-electron chi connectivity index (χ4n) is 0.214. The monoisotopic (exact) mass is 192 g/mol. The molecule has 13 heavy (non-hydrogen) atoms. The van der Waals surface area contributed by atoms with Gasteiger partial charge in [-0.05, 0) is 0 Å². The van der Waals surface area contributed by atoms with Gasteiger partial charge in [-0.1, -0.05) is 0 Å². The Balaban J connectivity index is 0. The van der Waals surface area contributed by atoms with Crippen molar-refractivity contribution in [2.24, 2.45) is 0 Å². The molecule has 6 nitrogen and oxygen atoms in total. The molecule has 2 N–H and O–H groups in total. The summed E-state index contributed by atoms with van der Waals surface area (Å²) >= 11 is 0. The molecule has 0 atom stereocenters. The first-order chi connectivity index (χ1) is 5.90. The molecule has 0 aliphatic carbocycles. The van der Waals surface area contributed by atoms with E-state index in [4.69, 9.17) is 10.2 Å². The molecule has 0 aliphatic heterocycles. The first kappa shape index (κ1) is 14.0. The van der Waals surface area contributed by atoms with E-state index in [0.717, 1.165) is 0 Å². The first-order valence-electron chi connectivity index (χ1n) is 3.38. The van der Waals surface area contributed by atoms with Crippen LogP contribution in [0.5, 0.6) is 0 Å². The lowest BCUT2D eigenvalue weighted by molar-refractivity contribution is -0.143. The van der Waals surface area contributed by atoms with E-state index in [2.05, 4.69) is 4.74 Å². The summed E-state index contributed by atoms with van der Waals surface area (Å²) in [7, 11) is 1.35. The van der Waals surface area contributed by atoms with E-state index in [-0.39, 0.29) is 18.8 Å². The van der Waals surface area contributed by atoms with Gasteiger partial charge in [-0.25, -0.2) is 0 Å². The van der Waals surface area contributed by atoms with Crippen LogP contribution in [0.25, 0.3) is 0 Å². The molecule has 76 valence electrons. The predicted molar refractivity (Wildman–Crippen MR) is 42.2 cm³/mol. The van der Waals surface area contributed by atoms with E-state index in [1.54, 1.807) is 0 Å². The minimum absolute atomic E-state index is 0.245. The Labute approximate surface area is 75.1 Å². The molecule has 0 aromatic carbocycles. The van der Waals surface area contributed by atoms with Gasteiger partial charge in [0.15, 0.2) is 0 Å². The van der Waals surface area contributed by atoms with Gasteiger partial charge in [-0.2, -0.15) is 0 Å². The average molecular weight is 192 g/mol. The number of ether oxygens (including phenoxy) is 1. The van der Waals surface area contributed by atoms with E-state index >= 15 is 0 Å². The lowest BCUT2D eigenvalue weighted by atomic mass is 10.3. The maximum absolute atomic E-state index is 9.64. The number of methoxy groups -OCH3 is 1. The normalized spacial score (nSPS) is 7.85. The summed E-state index contributed by atoms with van der Waals surface area (Å²) in [6.45, 7) is 1.36. The van der Waals surface area contributed by atoms with Gasteiger partial charge in [0.2, 0.25) is 0 Å². The van der Waals surface area contributed by atoms with Gasteiger partial charge in [-0.3, -0.25) is 14.4 Å². The van der Waals surface area contributed by atoms with Gasteiger partial charge in [0.05, 0.1) is 20.0 Å². The van der Waals surface area contributed by atoms with Gasteiger partial charge in [0.1, 0.15) is 0 Å². The molecular formula is C7H12O6. The molecule has 0 aliphatic rings. The Morgan fingerprint density at radius 3 is 1.38 bits per heavy atom. The fraction of sp³-hybridized carbons (Fsp3) is 0.571. The van der Waals surface area contributed by atoms with Crippen molar-refractivity contribution in [1.82, 2.24) is 0 Å². The lowest BCUT2D eigenvalue weighted by Gasteiger charge is -1.85. The second-order valence-electron chi connectivity index (χ2n) is 1.98. The molecule has 0 spiro atoms. The van der Waals surface area contributed by atoms with Crippen molar-refractivity contribution in [1.29, 1.82) is 0 Å². The van der Waals surface area contributed by atoms with Crippen molar-refractivity contribution in [3.8, 4) is 0 Å². The first-order valence-corrected chi connectivity index (χ1v) is 3.38. The quantitative estimate of drug-likeness (QED) is 0.615. The second-order valence-corrected chi connectivity index (χ2v) is 1.98. The number of carbonyl (C=O) groups is 3. The van der Waals surface area contributed by atoms with E-state index in [1.165, 1.54) is 14.0 Å². The smallest absolute Gasteiger partial charge is 0.303 e. The Bertz CT molecular complexity index is 171. The van der Waals surface area contributed by atoms with Gasteiger partial charge in [0.25, 0.3) is 0 Å². The fourth-order valence-corrected chi connectivity index (χ4v) is 0.214. The third kappa shape index (κ3) is 25.2. The van der Waals surface area contributed by atoms with E-state index in [9.17, 15) is 14.4 Å². The van der Waals surface area contributed by atoms with Crippen molar-refractivity contribution < 1.29 is 29.3 Å². The highest BCUT2D eigenvalue weighted by atomic mass is 16.5. The van der Waals surface area contributed by atoms with Gasteiger partial charge in [0, 0.05) is 6.92 Å². The zero-order valence-corrected chi connectivity index (χ0v) is 7.44. The molecule has 0 heterocycles. The highest BCUT2D eigenvalue weighted by molar-refractivity contribution is 5.75. The number of hydrogen-bond donors (Lipinski definition) is 2. The highest BCUT2D eigenvalue weighted by Crippen LogP contribution is 1.86. The molecule has 0 saturated carbocycles. The third-order valence-corrected chi connectivity index (χ3v) is 0.840. The van der Waals surface area contributed by atoms with Crippen LogP contribution in [0, 0.1) is 0 Å². The van der Waals surface area contributed by atoms with Crippen LogP contribution in [0.1, 0.15) is 19.8 Å². The number of rotatable bonds is 3. The van der Waals surface area contributed by atoms with E-state index in [0.29, 0.717) is 0 Å². The van der Waals surface area contributed by atoms with Crippen LogP contribution in [0.2, 0.25) is 0 Å². The number of esters is 1. The van der Waals surface area contributed by atoms with Crippen LogP contribution in [0.3, 0.4) is 0 Å². The molecule has 0 bridgehead atoms. The Hall–Kier alpha value is -1.59. The zero-order chi connectivity index (χ0) is 10.9. The molecule has 0 fully saturated rings.